The van der Waals surface area contributed by atoms with Gasteiger partial charge in [-0.05, 0) is 67.4 Å². The highest BCUT2D eigenvalue weighted by Crippen LogP contribution is 2.43. The van der Waals surface area contributed by atoms with E-state index >= 15 is 0 Å². The average molecular weight is 312 g/mol. The molecule has 100 valence electrons. The van der Waals surface area contributed by atoms with Crippen molar-refractivity contribution >= 4 is 15.9 Å². The van der Waals surface area contributed by atoms with Crippen LogP contribution in [-0.2, 0) is 11.8 Å². The number of nitrogens with one attached hydrogen (secondary N) is 1. The zero-order valence-electron chi connectivity index (χ0n) is 11.2. The van der Waals surface area contributed by atoms with E-state index in [-0.39, 0.29) is 5.41 Å². The Bertz CT molecular complexity index is 421. The fourth-order valence-corrected chi connectivity index (χ4v) is 3.64. The van der Waals surface area contributed by atoms with Crippen molar-refractivity contribution in [3.05, 3.63) is 29.3 Å². The number of hydrogen-bond acceptors (Lipinski definition) is 2. The maximum Gasteiger partial charge on any atom is 0.115 e. The van der Waals surface area contributed by atoms with Crippen LogP contribution in [-0.4, -0.2) is 24.0 Å². The van der Waals surface area contributed by atoms with Crippen LogP contribution in [0.3, 0.4) is 0 Å². The minimum Gasteiger partial charge on any atom is -0.508 e. The molecule has 0 saturated heterocycles. The molecule has 0 spiro atoms. The molecule has 2 atom stereocenters. The molecule has 0 radical (unpaired) electrons. The number of alkyl halides is 1. The van der Waals surface area contributed by atoms with Crippen molar-refractivity contribution in [3.63, 3.8) is 0 Å². The summed E-state index contributed by atoms with van der Waals surface area (Å²) in [5.41, 5.74) is 2.92. The van der Waals surface area contributed by atoms with Gasteiger partial charge in [0.05, 0.1) is 0 Å². The van der Waals surface area contributed by atoms with E-state index < -0.39 is 0 Å². The largest absolute Gasteiger partial charge is 0.508 e. The van der Waals surface area contributed by atoms with Gasteiger partial charge in [0.25, 0.3) is 0 Å². The van der Waals surface area contributed by atoms with Crippen LogP contribution in [0.15, 0.2) is 18.2 Å². The van der Waals surface area contributed by atoms with Crippen molar-refractivity contribution in [2.75, 3.05) is 18.9 Å². The van der Waals surface area contributed by atoms with Crippen molar-refractivity contribution in [1.29, 1.82) is 0 Å². The third kappa shape index (κ3) is 2.72. The number of halogens is 1. The summed E-state index contributed by atoms with van der Waals surface area (Å²) in [4.78, 5) is 0. The molecule has 2 nitrogen and oxygen atoms in total. The fourth-order valence-electron chi connectivity index (χ4n) is 3.18. The van der Waals surface area contributed by atoms with Crippen molar-refractivity contribution < 1.29 is 5.11 Å². The summed E-state index contributed by atoms with van der Waals surface area (Å²) in [5.74, 6) is 1.09. The summed E-state index contributed by atoms with van der Waals surface area (Å²) in [6.07, 6.45) is 3.43. The third-order valence-electron chi connectivity index (χ3n) is 4.14. The Hall–Kier alpha value is -0.540. The number of phenolic OH excluding ortho intramolecular Hbond substituents is 1. The highest BCUT2D eigenvalue weighted by Gasteiger charge is 2.35. The third-order valence-corrected chi connectivity index (χ3v) is 5.05. The maximum absolute atomic E-state index is 9.74. The lowest BCUT2D eigenvalue weighted by Gasteiger charge is -2.40. The molecule has 0 aliphatic heterocycles. The van der Waals surface area contributed by atoms with Gasteiger partial charge in [-0.2, -0.15) is 0 Å². The first-order valence-corrected chi connectivity index (χ1v) is 7.74. The number of rotatable bonds is 4. The van der Waals surface area contributed by atoms with Crippen LogP contribution in [0.4, 0.5) is 0 Å². The van der Waals surface area contributed by atoms with E-state index in [0.29, 0.717) is 11.7 Å². The summed E-state index contributed by atoms with van der Waals surface area (Å²) >= 11 is 3.63. The van der Waals surface area contributed by atoms with Crippen LogP contribution in [0.1, 0.15) is 30.9 Å². The van der Waals surface area contributed by atoms with Gasteiger partial charge in [0.15, 0.2) is 0 Å². The van der Waals surface area contributed by atoms with Crippen molar-refractivity contribution in [1.82, 2.24) is 5.32 Å². The quantitative estimate of drug-likeness (QED) is 0.837. The van der Waals surface area contributed by atoms with Crippen LogP contribution in [0.2, 0.25) is 0 Å². The molecule has 18 heavy (non-hydrogen) atoms. The molecule has 2 unspecified atom stereocenters. The second kappa shape index (κ2) is 5.62. The summed E-state index contributed by atoms with van der Waals surface area (Å²) in [5, 5.41) is 14.0. The molecule has 1 aromatic rings. The molecule has 0 saturated carbocycles. The predicted octanol–water partition coefficient (Wildman–Crippen LogP) is 3.22. The first-order valence-electron chi connectivity index (χ1n) is 6.62. The van der Waals surface area contributed by atoms with Gasteiger partial charge in [0.2, 0.25) is 0 Å². The SMILES string of the molecule is CNCCC1(C)CC(CBr)Cc2ccc(O)cc21. The fraction of sp³-hybridized carbons (Fsp3) is 0.600. The first-order chi connectivity index (χ1) is 8.59. The molecule has 2 N–H and O–H groups in total. The van der Waals surface area contributed by atoms with Gasteiger partial charge >= 0.3 is 0 Å². The minimum absolute atomic E-state index is 0.174. The second-order valence-electron chi connectivity index (χ2n) is 5.68. The highest BCUT2D eigenvalue weighted by molar-refractivity contribution is 9.09. The zero-order valence-corrected chi connectivity index (χ0v) is 12.8. The van der Waals surface area contributed by atoms with Gasteiger partial charge in [-0.1, -0.05) is 28.9 Å². The summed E-state index contributed by atoms with van der Waals surface area (Å²) in [7, 11) is 2.00. The molecule has 1 aromatic carbocycles. The Kier molecular flexibility index (Phi) is 4.33. The Morgan fingerprint density at radius 3 is 2.94 bits per heavy atom. The van der Waals surface area contributed by atoms with Crippen molar-refractivity contribution in [2.24, 2.45) is 5.92 Å². The van der Waals surface area contributed by atoms with Crippen LogP contribution in [0, 0.1) is 5.92 Å². The predicted molar refractivity (Wildman–Crippen MR) is 79.6 cm³/mol. The van der Waals surface area contributed by atoms with E-state index in [1.807, 2.05) is 19.2 Å². The first kappa shape index (κ1) is 13.9. The Labute approximate surface area is 118 Å². The molecule has 1 aliphatic carbocycles. The van der Waals surface area contributed by atoms with Gasteiger partial charge in [0, 0.05) is 5.33 Å². The van der Waals surface area contributed by atoms with Crippen molar-refractivity contribution in [2.45, 2.75) is 31.6 Å². The molecular formula is C15H22BrNO. The molecule has 3 heteroatoms. The molecule has 1 aliphatic rings. The van der Waals surface area contributed by atoms with Gasteiger partial charge in [-0.25, -0.2) is 0 Å². The highest BCUT2D eigenvalue weighted by atomic mass is 79.9. The number of benzene rings is 1. The molecule has 0 amide bonds. The van der Waals surface area contributed by atoms with Gasteiger partial charge < -0.3 is 10.4 Å². The molecule has 0 heterocycles. The monoisotopic (exact) mass is 311 g/mol. The number of aromatic hydroxyl groups is 1. The smallest absolute Gasteiger partial charge is 0.115 e. The van der Waals surface area contributed by atoms with Crippen LogP contribution in [0.5, 0.6) is 5.75 Å². The topological polar surface area (TPSA) is 32.3 Å². The van der Waals surface area contributed by atoms with Gasteiger partial charge in [-0.3, -0.25) is 0 Å². The van der Waals surface area contributed by atoms with Crippen LogP contribution < -0.4 is 5.32 Å². The van der Waals surface area contributed by atoms with E-state index in [2.05, 4.69) is 34.2 Å². The van der Waals surface area contributed by atoms with E-state index in [4.69, 9.17) is 0 Å². The standard InChI is InChI=1S/C15H22BrNO/c1-15(5-6-17-2)9-11(10-16)7-12-3-4-13(18)8-14(12)15/h3-4,8,11,17-18H,5-7,9-10H2,1-2H3. The van der Waals surface area contributed by atoms with Gasteiger partial charge in [0.1, 0.15) is 5.75 Å². The lowest BCUT2D eigenvalue weighted by Crippen LogP contribution is -2.35. The normalized spacial score (nSPS) is 26.9. The molecule has 0 aromatic heterocycles. The summed E-state index contributed by atoms with van der Waals surface area (Å²) < 4.78 is 0. The number of fused-ring (bicyclic) bond motifs is 1. The minimum atomic E-state index is 0.174. The lowest BCUT2D eigenvalue weighted by molar-refractivity contribution is 0.305. The Morgan fingerprint density at radius 1 is 1.50 bits per heavy atom. The van der Waals surface area contributed by atoms with E-state index in [1.165, 1.54) is 17.5 Å². The van der Waals surface area contributed by atoms with E-state index in [9.17, 15) is 5.11 Å². The molecule has 2 rings (SSSR count). The molecule has 0 fully saturated rings. The lowest BCUT2D eigenvalue weighted by atomic mass is 9.66. The Balaban J connectivity index is 2.37. The maximum atomic E-state index is 9.74. The zero-order chi connectivity index (χ0) is 13.2. The summed E-state index contributed by atoms with van der Waals surface area (Å²) in [6, 6.07) is 5.88. The van der Waals surface area contributed by atoms with E-state index in [0.717, 1.165) is 24.7 Å². The molecule has 0 bridgehead atoms. The van der Waals surface area contributed by atoms with E-state index in [1.54, 1.807) is 0 Å². The van der Waals surface area contributed by atoms with Crippen molar-refractivity contribution in [3.8, 4) is 5.75 Å². The second-order valence-corrected chi connectivity index (χ2v) is 6.33. The number of hydrogen-bond donors (Lipinski definition) is 2. The Morgan fingerprint density at radius 2 is 2.28 bits per heavy atom. The number of phenols is 1. The molecular weight excluding hydrogens is 290 g/mol. The van der Waals surface area contributed by atoms with Crippen LogP contribution in [0.25, 0.3) is 0 Å². The summed E-state index contributed by atoms with van der Waals surface area (Å²) in [6.45, 7) is 3.35. The van der Waals surface area contributed by atoms with Gasteiger partial charge in [-0.15, -0.1) is 0 Å². The average Bonchev–Trinajstić information content (AvgIpc) is 2.37. The van der Waals surface area contributed by atoms with Crippen LogP contribution >= 0.6 is 15.9 Å².